The molecule has 3 atom stereocenters. The van der Waals surface area contributed by atoms with Gasteiger partial charge in [-0.2, -0.15) is 0 Å². The second-order valence-corrected chi connectivity index (χ2v) is 6.30. The summed E-state index contributed by atoms with van der Waals surface area (Å²) < 4.78 is 0. The summed E-state index contributed by atoms with van der Waals surface area (Å²) in [6.45, 7) is 3.68. The van der Waals surface area contributed by atoms with Gasteiger partial charge in [-0.1, -0.05) is 31.5 Å². The number of hydrogen-bond donors (Lipinski definition) is 0. The van der Waals surface area contributed by atoms with E-state index in [2.05, 4.69) is 0 Å². The van der Waals surface area contributed by atoms with Crippen molar-refractivity contribution in [2.75, 3.05) is 0 Å². The third kappa shape index (κ3) is 2.59. The molecule has 0 unspecified atom stereocenters. The maximum Gasteiger partial charge on any atom is 0.234 e. The maximum atomic E-state index is 12.4. The van der Waals surface area contributed by atoms with Crippen LogP contribution in [-0.4, -0.2) is 28.7 Å². The topological polar surface area (TPSA) is 77.5 Å². The number of hydrogen-bond acceptors (Lipinski definition) is 4. The van der Waals surface area contributed by atoms with Crippen LogP contribution in [0.5, 0.6) is 0 Å². The lowest BCUT2D eigenvalue weighted by Crippen LogP contribution is -2.51. The van der Waals surface area contributed by atoms with Crippen molar-refractivity contribution in [2.45, 2.75) is 39.2 Å². The van der Waals surface area contributed by atoms with E-state index >= 15 is 0 Å². The summed E-state index contributed by atoms with van der Waals surface area (Å²) >= 11 is 5.92. The molecule has 0 aromatic rings. The molecule has 5 nitrogen and oxygen atoms in total. The molecule has 0 aromatic carbocycles. The number of imide groups is 1. The maximum absolute atomic E-state index is 12.4. The van der Waals surface area contributed by atoms with E-state index in [-0.39, 0.29) is 12.3 Å². The van der Waals surface area contributed by atoms with Crippen LogP contribution in [0.4, 0.5) is 0 Å². The molecule has 110 valence electrons. The summed E-state index contributed by atoms with van der Waals surface area (Å²) in [6.07, 6.45) is 2.65. The van der Waals surface area contributed by atoms with E-state index in [4.69, 9.17) is 11.6 Å². The molecule has 0 aromatic heterocycles. The largest absolute Gasteiger partial charge is 0.548 e. The number of amides is 2. The van der Waals surface area contributed by atoms with Crippen molar-refractivity contribution in [1.29, 1.82) is 0 Å². The van der Waals surface area contributed by atoms with Crippen molar-refractivity contribution in [3.05, 3.63) is 11.1 Å². The molecule has 0 bridgehead atoms. The molecule has 1 aliphatic heterocycles. The average Bonchev–Trinajstić information content (AvgIpc) is 2.58. The van der Waals surface area contributed by atoms with Gasteiger partial charge in [-0.3, -0.25) is 14.5 Å². The summed E-state index contributed by atoms with van der Waals surface area (Å²) in [6, 6.07) is -1.18. The molecule has 6 heteroatoms. The highest BCUT2D eigenvalue weighted by atomic mass is 35.5. The molecular weight excluding hydrogens is 282 g/mol. The van der Waals surface area contributed by atoms with Gasteiger partial charge in [-0.05, 0) is 25.2 Å². The molecule has 0 radical (unpaired) electrons. The average molecular weight is 299 g/mol. The number of carbonyl (C=O) groups is 3. The van der Waals surface area contributed by atoms with E-state index < -0.39 is 35.7 Å². The molecule has 0 saturated carbocycles. The van der Waals surface area contributed by atoms with Crippen molar-refractivity contribution in [2.24, 2.45) is 17.8 Å². The van der Waals surface area contributed by atoms with Crippen LogP contribution >= 0.6 is 11.6 Å². The van der Waals surface area contributed by atoms with Crippen molar-refractivity contribution in [3.63, 3.8) is 0 Å². The van der Waals surface area contributed by atoms with Gasteiger partial charge < -0.3 is 9.90 Å². The summed E-state index contributed by atoms with van der Waals surface area (Å²) in [5.74, 6) is -3.16. The highest BCUT2D eigenvalue weighted by Gasteiger charge is 2.50. The Hall–Kier alpha value is -1.36. The Labute approximate surface area is 122 Å². The van der Waals surface area contributed by atoms with Crippen LogP contribution in [-0.2, 0) is 14.4 Å². The van der Waals surface area contributed by atoms with Gasteiger partial charge in [0.25, 0.3) is 0 Å². The Morgan fingerprint density at radius 2 is 2.00 bits per heavy atom. The van der Waals surface area contributed by atoms with Crippen LogP contribution in [0.25, 0.3) is 0 Å². The number of rotatable bonds is 4. The van der Waals surface area contributed by atoms with Crippen LogP contribution < -0.4 is 5.11 Å². The molecule has 0 N–H and O–H groups in total. The van der Waals surface area contributed by atoms with E-state index in [0.717, 1.165) is 4.90 Å². The Balaban J connectivity index is 2.27. The molecule has 20 heavy (non-hydrogen) atoms. The minimum atomic E-state index is -1.38. The molecular formula is C14H17ClNO4-. The zero-order chi connectivity index (χ0) is 15.0. The van der Waals surface area contributed by atoms with E-state index in [1.54, 1.807) is 6.08 Å². The summed E-state index contributed by atoms with van der Waals surface area (Å²) in [4.78, 5) is 36.9. The van der Waals surface area contributed by atoms with Crippen molar-refractivity contribution in [1.82, 2.24) is 4.90 Å². The van der Waals surface area contributed by atoms with Gasteiger partial charge in [-0.25, -0.2) is 0 Å². The molecule has 2 rings (SSSR count). The summed E-state index contributed by atoms with van der Waals surface area (Å²) in [5.41, 5.74) is 0. The van der Waals surface area contributed by atoms with Crippen LogP contribution in [0.3, 0.4) is 0 Å². The lowest BCUT2D eigenvalue weighted by Gasteiger charge is -2.28. The molecule has 1 fully saturated rings. The van der Waals surface area contributed by atoms with E-state index in [1.807, 2.05) is 13.8 Å². The fourth-order valence-corrected chi connectivity index (χ4v) is 3.17. The number of carboxylic acid groups (broad SMARTS) is 1. The van der Waals surface area contributed by atoms with Crippen LogP contribution in [0.1, 0.15) is 33.1 Å². The predicted molar refractivity (Wildman–Crippen MR) is 70.3 cm³/mol. The zero-order valence-electron chi connectivity index (χ0n) is 11.5. The number of fused-ring (bicyclic) bond motifs is 1. The van der Waals surface area contributed by atoms with Crippen LogP contribution in [0, 0.1) is 17.8 Å². The highest BCUT2D eigenvalue weighted by molar-refractivity contribution is 6.30. The SMILES string of the molecule is CC(C)C[C@H](C(=O)[O-])N1C(=O)[C@H]2CC(Cl)=CC[C@H]2C1=O. The van der Waals surface area contributed by atoms with Gasteiger partial charge in [0.05, 0.1) is 23.8 Å². The first-order valence-corrected chi connectivity index (χ1v) is 7.13. The number of halogens is 1. The van der Waals surface area contributed by atoms with E-state index in [1.165, 1.54) is 0 Å². The molecule has 1 aliphatic carbocycles. The molecule has 2 aliphatic rings. The fraction of sp³-hybridized carbons (Fsp3) is 0.643. The van der Waals surface area contributed by atoms with Gasteiger partial charge in [-0.15, -0.1) is 0 Å². The Morgan fingerprint density at radius 3 is 2.55 bits per heavy atom. The van der Waals surface area contributed by atoms with Gasteiger partial charge in [0.1, 0.15) is 0 Å². The normalized spacial score (nSPS) is 27.6. The standard InChI is InChI=1S/C14H18ClNO4/c1-7(2)5-11(14(19)20)16-12(17)9-4-3-8(15)6-10(9)13(16)18/h3,7,9-11H,4-6H2,1-2H3,(H,19,20)/p-1/t9-,10+,11-/m1/s1. The Bertz CT molecular complexity index is 486. The number of carboxylic acids is 1. The zero-order valence-corrected chi connectivity index (χ0v) is 12.2. The number of aliphatic carboxylic acids is 1. The first kappa shape index (κ1) is 15.0. The van der Waals surface area contributed by atoms with Crippen LogP contribution in [0.15, 0.2) is 11.1 Å². The third-order valence-corrected chi connectivity index (χ3v) is 4.19. The molecule has 2 amide bonds. The first-order chi connectivity index (χ1) is 9.32. The van der Waals surface area contributed by atoms with Gasteiger partial charge in [0, 0.05) is 5.03 Å². The number of allylic oxidation sites excluding steroid dienone is 2. The number of likely N-dealkylation sites (tertiary alicyclic amines) is 1. The predicted octanol–water partition coefficient (Wildman–Crippen LogP) is 0.669. The summed E-state index contributed by atoms with van der Waals surface area (Å²) in [7, 11) is 0. The van der Waals surface area contributed by atoms with Gasteiger partial charge >= 0.3 is 0 Å². The van der Waals surface area contributed by atoms with Crippen LogP contribution in [0.2, 0.25) is 0 Å². The monoisotopic (exact) mass is 298 g/mol. The van der Waals surface area contributed by atoms with Gasteiger partial charge in [0.15, 0.2) is 0 Å². The minimum Gasteiger partial charge on any atom is -0.548 e. The molecule has 1 heterocycles. The molecule has 1 saturated heterocycles. The van der Waals surface area contributed by atoms with Crippen molar-refractivity contribution in [3.8, 4) is 0 Å². The number of carbonyl (C=O) groups excluding carboxylic acids is 3. The third-order valence-electron chi connectivity index (χ3n) is 3.88. The quantitative estimate of drug-likeness (QED) is 0.715. The number of nitrogens with zero attached hydrogens (tertiary/aromatic N) is 1. The summed E-state index contributed by atoms with van der Waals surface area (Å²) in [5, 5.41) is 11.8. The molecule has 0 spiro atoms. The Morgan fingerprint density at radius 1 is 1.40 bits per heavy atom. The minimum absolute atomic E-state index is 0.0443. The van der Waals surface area contributed by atoms with Crippen molar-refractivity contribution >= 4 is 29.4 Å². The highest BCUT2D eigenvalue weighted by Crippen LogP contribution is 2.40. The first-order valence-electron chi connectivity index (χ1n) is 6.75. The van der Waals surface area contributed by atoms with Crippen molar-refractivity contribution < 1.29 is 19.5 Å². The second kappa shape index (κ2) is 5.56. The second-order valence-electron chi connectivity index (χ2n) is 5.81. The smallest absolute Gasteiger partial charge is 0.234 e. The fourth-order valence-electron chi connectivity index (χ4n) is 2.91. The lowest BCUT2D eigenvalue weighted by atomic mass is 9.85. The lowest BCUT2D eigenvalue weighted by molar-refractivity contribution is -0.311. The Kier molecular flexibility index (Phi) is 4.18. The van der Waals surface area contributed by atoms with E-state index in [0.29, 0.717) is 17.9 Å². The van der Waals surface area contributed by atoms with E-state index in [9.17, 15) is 19.5 Å². The van der Waals surface area contributed by atoms with Gasteiger partial charge in [0.2, 0.25) is 11.8 Å².